The predicted molar refractivity (Wildman–Crippen MR) is 500 cm³/mol. The standard InChI is InChI=1S/C93H126N22O20S/c1-9-11-22-73-86(128)103-64(35-54-29-31-96-32-30-54)82(124)110-72(81(123)100-45-78(95)120)48-136-49-79(121)102-68(36-53-25-27-58(117)28-26-53)89(131)111(6)52(5)80(122)106-70(41-77(94)119)91(133)114-33-17-24-74(114)87(129)105-66(39-57-44-97-50-101-57)84(126)107-67(34-51(3)4)92(134)115-46-59(118)40-76(115)88(130)104-65(37-55-42-98-62-20-15-13-18-60(55)62)83(125)109-71(47-116)85(127)108-69(38-56-43-99-63-21-16-14-19-61(56)63)90(132)113(8)75(23-12-10-2)93(135)112(73)7/h13-16,18-21,25-32,42-44,50-52,59,64-76,88,98-99,104,116-118,130H,9-12,17,22-24,33-41,45-49H2,1-8H3,(H2,94,119)(H2,95,120)(H,97,101)(H,100,123)(H,102,121)(H,103,128)(H,105,129)(H,106,122)(H,107,126)(H,108,127)(H,109,125)(H,110,124)/t52-,59+,64-,65-,66-,67-,68-,69-,70-,71-,72-,73-,74-,75-,76?,88?/m0/s1. The summed E-state index contributed by atoms with van der Waals surface area (Å²) in [5, 5.41) is 73.9. The molecule has 0 saturated carbocycles. The van der Waals surface area contributed by atoms with Crippen LogP contribution < -0.4 is 64.6 Å². The summed E-state index contributed by atoms with van der Waals surface area (Å²) in [6.07, 6.45) is 5.09. The molecule has 2 unspecified atom stereocenters. The first-order valence-corrected chi connectivity index (χ1v) is 46.8. The third-order valence-corrected chi connectivity index (χ3v) is 25.7. The normalized spacial score (nSPS) is 25.3. The lowest BCUT2D eigenvalue weighted by molar-refractivity contribution is -0.149. The number of aromatic nitrogens is 5. The van der Waals surface area contributed by atoms with Crippen molar-refractivity contribution in [3.8, 4) is 5.75 Å². The van der Waals surface area contributed by atoms with Crippen molar-refractivity contribution in [2.24, 2.45) is 17.4 Å². The lowest BCUT2D eigenvalue weighted by Gasteiger charge is -2.36. The molecule has 3 aliphatic rings. The number of primary amides is 2. The maximum atomic E-state index is 15.8. The largest absolute Gasteiger partial charge is 0.508 e. The van der Waals surface area contributed by atoms with Crippen LogP contribution in [-0.4, -0.2) is 320 Å². The summed E-state index contributed by atoms with van der Waals surface area (Å²) < 4.78 is 0. The molecular formula is C93H126N22O20S. The summed E-state index contributed by atoms with van der Waals surface area (Å²) in [4.78, 5) is 259. The van der Waals surface area contributed by atoms with Gasteiger partial charge in [-0.1, -0.05) is 102 Å². The quantitative estimate of drug-likeness (QED) is 0.0319. The number of aromatic amines is 3. The highest BCUT2D eigenvalue weighted by atomic mass is 32.2. The minimum atomic E-state index is -1.89. The monoisotopic (exact) mass is 1900 g/mol. The summed E-state index contributed by atoms with van der Waals surface area (Å²) >= 11 is 0.781. The average Bonchev–Trinajstić information content (AvgIpc) is 1.65. The van der Waals surface area contributed by atoms with Gasteiger partial charge in [0.25, 0.3) is 0 Å². The lowest BCUT2D eigenvalue weighted by atomic mass is 9.99. The van der Waals surface area contributed by atoms with E-state index >= 15 is 38.4 Å². The van der Waals surface area contributed by atoms with E-state index in [0.29, 0.717) is 75.4 Å². The molecule has 16 amide bonds. The van der Waals surface area contributed by atoms with Crippen molar-refractivity contribution in [3.63, 3.8) is 0 Å². The van der Waals surface area contributed by atoms with Gasteiger partial charge in [-0.05, 0) is 116 Å². The van der Waals surface area contributed by atoms with Crippen molar-refractivity contribution in [2.75, 3.05) is 58.9 Å². The van der Waals surface area contributed by atoms with E-state index in [-0.39, 0.29) is 88.8 Å². The number of nitrogens with one attached hydrogen (secondary N) is 13. The zero-order valence-electron chi connectivity index (χ0n) is 77.4. The maximum Gasteiger partial charge on any atom is 0.246 e. The van der Waals surface area contributed by atoms with Gasteiger partial charge in [0, 0.05) is 124 Å². The summed E-state index contributed by atoms with van der Waals surface area (Å²) in [5.74, 6) is -16.2. The fourth-order valence-corrected chi connectivity index (χ4v) is 18.0. The third-order valence-electron chi connectivity index (χ3n) is 24.7. The van der Waals surface area contributed by atoms with E-state index in [1.54, 1.807) is 86.9 Å². The summed E-state index contributed by atoms with van der Waals surface area (Å²) in [7, 11) is 3.96. The number of carbonyl (C=O) groups excluding carboxylic acids is 16. The fourth-order valence-electron chi connectivity index (χ4n) is 17.1. The Morgan fingerprint density at radius 2 is 1.09 bits per heavy atom. The van der Waals surface area contributed by atoms with E-state index in [1.807, 2.05) is 13.8 Å². The van der Waals surface area contributed by atoms with Crippen molar-refractivity contribution < 1.29 is 97.1 Å². The Kier molecular flexibility index (Phi) is 38.3. The Labute approximate surface area is 790 Å². The molecule has 4 aromatic heterocycles. The number of amides is 16. The molecular weight excluding hydrogens is 1780 g/mol. The Bertz CT molecular complexity index is 5350. The molecule has 3 aliphatic heterocycles. The number of aliphatic hydroxyl groups excluding tert-OH is 3. The molecule has 0 bridgehead atoms. The van der Waals surface area contributed by atoms with Crippen LogP contribution in [0, 0.1) is 5.92 Å². The minimum absolute atomic E-state index is 0.000168. The molecule has 10 rings (SSSR count). The number of imidazole rings is 1. The Balaban J connectivity index is 1.02. The van der Waals surface area contributed by atoms with Gasteiger partial charge in [-0.15, -0.1) is 11.8 Å². The molecule has 0 aliphatic carbocycles. The van der Waals surface area contributed by atoms with Gasteiger partial charge in [0.15, 0.2) is 0 Å². The number of nitrogens with zero attached hydrogens (tertiary/aromatic N) is 7. The molecule has 3 aromatic carbocycles. The van der Waals surface area contributed by atoms with E-state index in [9.17, 15) is 58.8 Å². The molecule has 16 atom stereocenters. The molecule has 7 aromatic rings. The molecule has 3 fully saturated rings. The van der Waals surface area contributed by atoms with Crippen LogP contribution in [0.15, 0.2) is 122 Å². The molecule has 3 saturated heterocycles. The van der Waals surface area contributed by atoms with Gasteiger partial charge in [-0.3, -0.25) is 87.0 Å². The number of aliphatic hydroxyl groups is 3. The highest BCUT2D eigenvalue weighted by Crippen LogP contribution is 2.29. The molecule has 0 spiro atoms. The number of hydrogen-bond acceptors (Lipinski definition) is 24. The van der Waals surface area contributed by atoms with Crippen LogP contribution in [0.4, 0.5) is 0 Å². The smallest absolute Gasteiger partial charge is 0.246 e. The number of thioether (sulfide) groups is 1. The first-order chi connectivity index (χ1) is 64.9. The SMILES string of the molecule is CCCC[C@H]1C(=O)N(C)[C@@H](CCCC)C(=O)N[C@@H](Cc2ccncc2)C(=O)N[C@H](C(=O)NCC(N)=O)CSCC(=O)N[C@@H](Cc2ccc(O)cc2)C(=O)N(C)[C@@H](C)C(=O)N[C@@H](CC(N)=O)C(=O)N2CCC[C@H]2C(=O)N[C@@H](Cc2cnc[nH]2)C(=O)N[C@@H](CC(C)C)C(=O)N2C[C@H](O)CC2C(O)N[C@@H](Cc2c[nH]c3ccccc23)C(=O)N[C@@H](CO)C(=O)N[C@@H](Cc2c[nH]c3ccccc23)C(=O)N1C. The summed E-state index contributed by atoms with van der Waals surface area (Å²) in [6, 6.07) is 1.58. The number of fused-ring (bicyclic) bond motifs is 4. The number of H-pyrrole nitrogens is 3. The second kappa shape index (κ2) is 49.7. The van der Waals surface area contributed by atoms with Crippen molar-refractivity contribution in [3.05, 3.63) is 150 Å². The number of nitrogens with two attached hydrogens (primary N) is 2. The van der Waals surface area contributed by atoms with Gasteiger partial charge >= 0.3 is 0 Å². The van der Waals surface area contributed by atoms with E-state index < -0.39 is 229 Å². The predicted octanol–water partition coefficient (Wildman–Crippen LogP) is -1.76. The van der Waals surface area contributed by atoms with Crippen LogP contribution in [0.1, 0.15) is 133 Å². The topological polar surface area (TPSA) is 616 Å². The van der Waals surface area contributed by atoms with Gasteiger partial charge in [0.1, 0.15) is 84.5 Å². The molecule has 0 radical (unpaired) electrons. The molecule has 42 nitrogen and oxygen atoms in total. The summed E-state index contributed by atoms with van der Waals surface area (Å²) in [5.41, 5.74) is 14.8. The van der Waals surface area contributed by atoms with Crippen LogP contribution in [0.5, 0.6) is 5.75 Å². The number of aromatic hydroxyl groups is 1. The second-order valence-corrected chi connectivity index (χ2v) is 36.2. The Hall–Kier alpha value is -13.4. The Morgan fingerprint density at radius 1 is 0.551 bits per heavy atom. The van der Waals surface area contributed by atoms with E-state index in [1.165, 1.54) is 82.1 Å². The number of rotatable bonds is 24. The minimum Gasteiger partial charge on any atom is -0.508 e. The Morgan fingerprint density at radius 3 is 1.71 bits per heavy atom. The number of para-hydroxylation sites is 2. The van der Waals surface area contributed by atoms with Gasteiger partial charge in [-0.25, -0.2) is 4.98 Å². The van der Waals surface area contributed by atoms with E-state index in [4.69, 9.17) is 11.5 Å². The number of phenolic OH excluding ortho intramolecular Hbond substituents is 1. The molecule has 43 heteroatoms. The van der Waals surface area contributed by atoms with Crippen LogP contribution in [-0.2, 0) is 109 Å². The van der Waals surface area contributed by atoms with Crippen LogP contribution in [0.2, 0.25) is 0 Å². The van der Waals surface area contributed by atoms with Gasteiger partial charge in [0.2, 0.25) is 94.5 Å². The van der Waals surface area contributed by atoms with Crippen LogP contribution in [0.3, 0.4) is 0 Å². The number of likely N-dealkylation sites (N-methyl/N-ethyl adjacent to an activating group) is 3. The van der Waals surface area contributed by atoms with Gasteiger partial charge in [0.05, 0.1) is 49.8 Å². The van der Waals surface area contributed by atoms with Crippen molar-refractivity contribution >= 4 is 128 Å². The number of pyridine rings is 1. The number of phenols is 1. The zero-order valence-corrected chi connectivity index (χ0v) is 78.2. The molecule has 7 heterocycles. The third kappa shape index (κ3) is 28.4. The molecule has 734 valence electrons. The second-order valence-electron chi connectivity index (χ2n) is 35.2. The summed E-state index contributed by atoms with van der Waals surface area (Å²) in [6.45, 7) is 6.23. The highest BCUT2D eigenvalue weighted by Gasteiger charge is 2.47. The van der Waals surface area contributed by atoms with Crippen LogP contribution in [0.25, 0.3) is 21.8 Å². The fraction of sp³-hybridized carbons (Fsp3) is 0.505. The van der Waals surface area contributed by atoms with Crippen molar-refractivity contribution in [2.45, 2.75) is 234 Å². The number of carbonyl (C=O) groups is 16. The lowest BCUT2D eigenvalue weighted by Crippen LogP contribution is -2.62. The van der Waals surface area contributed by atoms with E-state index in [2.05, 4.69) is 78.1 Å². The first-order valence-electron chi connectivity index (χ1n) is 45.7. The first kappa shape index (κ1) is 105. The van der Waals surface area contributed by atoms with Crippen molar-refractivity contribution in [1.82, 2.24) is 103 Å². The molecule has 21 N–H and O–H groups in total. The van der Waals surface area contributed by atoms with Gasteiger partial charge < -0.3 is 119 Å². The average molecular weight is 1900 g/mol. The zero-order chi connectivity index (χ0) is 98.7. The van der Waals surface area contributed by atoms with E-state index in [0.717, 1.165) is 31.4 Å². The van der Waals surface area contributed by atoms with Crippen LogP contribution >= 0.6 is 11.8 Å². The molecule has 136 heavy (non-hydrogen) atoms. The number of unbranched alkanes of at least 4 members (excludes halogenated alkanes) is 2. The van der Waals surface area contributed by atoms with Gasteiger partial charge in [-0.2, -0.15) is 0 Å². The number of benzene rings is 3. The highest BCUT2D eigenvalue weighted by molar-refractivity contribution is 8.00. The maximum absolute atomic E-state index is 15.8. The number of hydrogen-bond donors (Lipinski definition) is 19. The van der Waals surface area contributed by atoms with Crippen molar-refractivity contribution in [1.29, 1.82) is 0 Å².